The fourth-order valence-corrected chi connectivity index (χ4v) is 3.04. The van der Waals surface area contributed by atoms with Gasteiger partial charge < -0.3 is 15.8 Å². The molecule has 0 radical (unpaired) electrons. The predicted molar refractivity (Wildman–Crippen MR) is 100 cm³/mol. The first-order valence-corrected chi connectivity index (χ1v) is 9.02. The Labute approximate surface area is 146 Å². The van der Waals surface area contributed by atoms with Crippen LogP contribution in [-0.4, -0.2) is 44.1 Å². The van der Waals surface area contributed by atoms with Crippen molar-refractivity contribution in [1.82, 2.24) is 10.2 Å². The van der Waals surface area contributed by atoms with E-state index in [-0.39, 0.29) is 6.04 Å². The molecule has 1 aromatic rings. The molecule has 5 heteroatoms. The molecule has 0 saturated carbocycles. The van der Waals surface area contributed by atoms with Crippen molar-refractivity contribution in [1.29, 1.82) is 0 Å². The van der Waals surface area contributed by atoms with E-state index in [0.717, 1.165) is 31.8 Å². The standard InChI is InChI=1S/C19H32N4O/c1-15(2)10-11-21-19(20)22-14-18(23-12-4-5-13-23)16-6-8-17(24-3)9-7-16/h6-9,15,18H,4-5,10-14H2,1-3H3,(H3,20,21,22). The van der Waals surface area contributed by atoms with Crippen LogP contribution in [0.2, 0.25) is 0 Å². The van der Waals surface area contributed by atoms with E-state index in [1.807, 2.05) is 12.1 Å². The number of likely N-dealkylation sites (tertiary alicyclic amines) is 1. The third kappa shape index (κ3) is 5.71. The highest BCUT2D eigenvalue weighted by molar-refractivity contribution is 5.77. The van der Waals surface area contributed by atoms with E-state index in [1.54, 1.807) is 7.11 Å². The van der Waals surface area contributed by atoms with Gasteiger partial charge in [0.05, 0.1) is 19.7 Å². The van der Waals surface area contributed by atoms with Gasteiger partial charge in [-0.15, -0.1) is 0 Å². The smallest absolute Gasteiger partial charge is 0.188 e. The Balaban J connectivity index is 2.00. The predicted octanol–water partition coefficient (Wildman–Crippen LogP) is 2.78. The summed E-state index contributed by atoms with van der Waals surface area (Å²) in [6.45, 7) is 8.25. The minimum Gasteiger partial charge on any atom is -0.497 e. The lowest BCUT2D eigenvalue weighted by Crippen LogP contribution is -2.35. The SMILES string of the molecule is COc1ccc(C(CN=C(N)NCCC(C)C)N2CCCC2)cc1. The van der Waals surface area contributed by atoms with Crippen LogP contribution in [0.5, 0.6) is 5.75 Å². The molecule has 1 aromatic carbocycles. The highest BCUT2D eigenvalue weighted by atomic mass is 16.5. The van der Waals surface area contributed by atoms with Gasteiger partial charge in [-0.05, 0) is 56.0 Å². The van der Waals surface area contributed by atoms with Crippen LogP contribution in [0, 0.1) is 5.92 Å². The molecule has 0 bridgehead atoms. The Bertz CT molecular complexity index is 507. The van der Waals surface area contributed by atoms with Crippen molar-refractivity contribution < 1.29 is 4.74 Å². The molecule has 2 rings (SSSR count). The molecule has 5 nitrogen and oxygen atoms in total. The molecule has 0 aromatic heterocycles. The summed E-state index contributed by atoms with van der Waals surface area (Å²) in [6, 6.07) is 8.60. The summed E-state index contributed by atoms with van der Waals surface area (Å²) in [4.78, 5) is 7.10. The second-order valence-corrected chi connectivity index (χ2v) is 6.87. The molecule has 24 heavy (non-hydrogen) atoms. The molecule has 0 aliphatic carbocycles. The summed E-state index contributed by atoms with van der Waals surface area (Å²) in [5.41, 5.74) is 7.31. The van der Waals surface area contributed by atoms with Gasteiger partial charge in [0, 0.05) is 6.54 Å². The van der Waals surface area contributed by atoms with Gasteiger partial charge in [0.15, 0.2) is 5.96 Å². The zero-order valence-corrected chi connectivity index (χ0v) is 15.3. The molecule has 1 atom stereocenters. The summed E-state index contributed by atoms with van der Waals surface area (Å²) in [5.74, 6) is 2.10. The number of ether oxygens (including phenoxy) is 1. The Morgan fingerprint density at radius 1 is 1.25 bits per heavy atom. The largest absolute Gasteiger partial charge is 0.497 e. The molecule has 0 amide bonds. The van der Waals surface area contributed by atoms with Gasteiger partial charge in [-0.25, -0.2) is 0 Å². The summed E-state index contributed by atoms with van der Waals surface area (Å²) >= 11 is 0. The minimum absolute atomic E-state index is 0.281. The zero-order valence-electron chi connectivity index (χ0n) is 15.3. The Morgan fingerprint density at radius 3 is 2.50 bits per heavy atom. The summed E-state index contributed by atoms with van der Waals surface area (Å²) < 4.78 is 5.26. The van der Waals surface area contributed by atoms with Crippen molar-refractivity contribution in [2.45, 2.75) is 39.2 Å². The Morgan fingerprint density at radius 2 is 1.92 bits per heavy atom. The summed E-state index contributed by atoms with van der Waals surface area (Å²) in [5, 5.41) is 3.22. The highest BCUT2D eigenvalue weighted by Gasteiger charge is 2.23. The second-order valence-electron chi connectivity index (χ2n) is 6.87. The fourth-order valence-electron chi connectivity index (χ4n) is 3.04. The van der Waals surface area contributed by atoms with Crippen molar-refractivity contribution in [2.24, 2.45) is 16.6 Å². The first-order chi connectivity index (χ1) is 11.6. The number of nitrogens with one attached hydrogen (secondary N) is 1. The van der Waals surface area contributed by atoms with Gasteiger partial charge in [0.1, 0.15) is 5.75 Å². The molecule has 1 fully saturated rings. The van der Waals surface area contributed by atoms with E-state index >= 15 is 0 Å². The van der Waals surface area contributed by atoms with E-state index in [0.29, 0.717) is 18.4 Å². The molecule has 3 N–H and O–H groups in total. The van der Waals surface area contributed by atoms with E-state index in [9.17, 15) is 0 Å². The minimum atomic E-state index is 0.281. The van der Waals surface area contributed by atoms with Gasteiger partial charge in [-0.3, -0.25) is 9.89 Å². The molecule has 1 aliphatic heterocycles. The number of hydrogen-bond donors (Lipinski definition) is 2. The van der Waals surface area contributed by atoms with Crippen molar-refractivity contribution in [2.75, 3.05) is 33.3 Å². The van der Waals surface area contributed by atoms with Crippen LogP contribution >= 0.6 is 0 Å². The van der Waals surface area contributed by atoms with Gasteiger partial charge >= 0.3 is 0 Å². The Kier molecular flexibility index (Phi) is 7.37. The molecule has 1 aliphatic rings. The first kappa shape index (κ1) is 18.6. The van der Waals surface area contributed by atoms with Crippen LogP contribution in [0.25, 0.3) is 0 Å². The highest BCUT2D eigenvalue weighted by Crippen LogP contribution is 2.26. The van der Waals surface area contributed by atoms with Crippen LogP contribution in [0.4, 0.5) is 0 Å². The van der Waals surface area contributed by atoms with Crippen LogP contribution < -0.4 is 15.8 Å². The van der Waals surface area contributed by atoms with Gasteiger partial charge in [0.2, 0.25) is 0 Å². The number of hydrogen-bond acceptors (Lipinski definition) is 3. The van der Waals surface area contributed by atoms with E-state index in [1.165, 1.54) is 18.4 Å². The third-order valence-corrected chi connectivity index (χ3v) is 4.54. The topological polar surface area (TPSA) is 62.9 Å². The van der Waals surface area contributed by atoms with Gasteiger partial charge in [0.25, 0.3) is 0 Å². The number of rotatable bonds is 8. The van der Waals surface area contributed by atoms with Gasteiger partial charge in [-0.1, -0.05) is 26.0 Å². The number of nitrogens with two attached hydrogens (primary N) is 1. The lowest BCUT2D eigenvalue weighted by atomic mass is 10.1. The molecular formula is C19H32N4O. The maximum atomic E-state index is 6.03. The third-order valence-electron chi connectivity index (χ3n) is 4.54. The molecule has 1 unspecified atom stereocenters. The number of methoxy groups -OCH3 is 1. The number of nitrogens with zero attached hydrogens (tertiary/aromatic N) is 2. The molecule has 1 heterocycles. The van der Waals surface area contributed by atoms with Crippen LogP contribution in [-0.2, 0) is 0 Å². The van der Waals surface area contributed by atoms with E-state index < -0.39 is 0 Å². The number of aliphatic imine (C=N–C) groups is 1. The van der Waals surface area contributed by atoms with E-state index in [4.69, 9.17) is 10.5 Å². The summed E-state index contributed by atoms with van der Waals surface area (Å²) in [6.07, 6.45) is 3.63. The first-order valence-electron chi connectivity index (χ1n) is 9.02. The lowest BCUT2D eigenvalue weighted by Gasteiger charge is -2.27. The van der Waals surface area contributed by atoms with Crippen molar-refractivity contribution in [3.8, 4) is 5.75 Å². The summed E-state index contributed by atoms with van der Waals surface area (Å²) in [7, 11) is 1.70. The van der Waals surface area contributed by atoms with Crippen molar-refractivity contribution in [3.05, 3.63) is 29.8 Å². The number of benzene rings is 1. The van der Waals surface area contributed by atoms with E-state index in [2.05, 4.69) is 41.2 Å². The van der Waals surface area contributed by atoms with Crippen molar-refractivity contribution in [3.63, 3.8) is 0 Å². The monoisotopic (exact) mass is 332 g/mol. The maximum absolute atomic E-state index is 6.03. The van der Waals surface area contributed by atoms with Crippen LogP contribution in [0.1, 0.15) is 44.7 Å². The van der Waals surface area contributed by atoms with Crippen LogP contribution in [0.3, 0.4) is 0 Å². The quantitative estimate of drug-likeness (QED) is 0.567. The molecule has 0 spiro atoms. The average molecular weight is 332 g/mol. The maximum Gasteiger partial charge on any atom is 0.188 e. The number of guanidine groups is 1. The Hall–Kier alpha value is -1.75. The fraction of sp³-hybridized carbons (Fsp3) is 0.632. The van der Waals surface area contributed by atoms with Crippen LogP contribution in [0.15, 0.2) is 29.3 Å². The zero-order chi connectivity index (χ0) is 17.4. The van der Waals surface area contributed by atoms with Gasteiger partial charge in [-0.2, -0.15) is 0 Å². The molecule has 1 saturated heterocycles. The lowest BCUT2D eigenvalue weighted by molar-refractivity contribution is 0.251. The molecule has 134 valence electrons. The molecular weight excluding hydrogens is 300 g/mol. The normalized spacial score (nSPS) is 17.2. The second kappa shape index (κ2) is 9.52. The average Bonchev–Trinajstić information content (AvgIpc) is 3.09. The van der Waals surface area contributed by atoms with Crippen molar-refractivity contribution >= 4 is 5.96 Å².